The highest BCUT2D eigenvalue weighted by molar-refractivity contribution is 7.49. The van der Waals surface area contributed by atoms with Crippen LogP contribution in [0.5, 0.6) is 28.7 Å². The lowest BCUT2D eigenvalue weighted by atomic mass is 10.1. The van der Waals surface area contributed by atoms with Crippen LogP contribution in [0.2, 0.25) is 0 Å². The van der Waals surface area contributed by atoms with E-state index in [2.05, 4.69) is 0 Å². The molecule has 0 saturated heterocycles. The third-order valence-corrected chi connectivity index (χ3v) is 8.31. The van der Waals surface area contributed by atoms with E-state index >= 15 is 0 Å². The zero-order valence-corrected chi connectivity index (χ0v) is 24.1. The molecule has 0 radical (unpaired) electrons. The smallest absolute Gasteiger partial charge is 0.480 e. The normalized spacial score (nSPS) is 12.5. The molecule has 5 aromatic carbocycles. The summed E-state index contributed by atoms with van der Waals surface area (Å²) < 4.78 is 54.8. The fourth-order valence-corrected chi connectivity index (χ4v) is 5.80. The summed E-state index contributed by atoms with van der Waals surface area (Å²) in [5, 5.41) is 0. The Kier molecular flexibility index (Phi) is 9.10. The predicted octanol–water partition coefficient (Wildman–Crippen LogP) is 9.28. The van der Waals surface area contributed by atoms with E-state index < -0.39 is 21.7 Å². The average Bonchev–Trinajstić information content (AvgIpc) is 2.99. The van der Waals surface area contributed by atoms with Gasteiger partial charge in [-0.15, -0.1) is 0 Å². The molecule has 0 saturated carbocycles. The summed E-state index contributed by atoms with van der Waals surface area (Å²) in [7, 11) is -6.58. The maximum atomic E-state index is 13.6. The summed E-state index contributed by atoms with van der Waals surface area (Å²) >= 11 is 0. The predicted molar refractivity (Wildman–Crippen MR) is 160 cm³/mol. The molecular weight excluding hydrogens is 558 g/mol. The van der Waals surface area contributed by atoms with Gasteiger partial charge in [-0.2, -0.15) is 4.57 Å². The fourth-order valence-electron chi connectivity index (χ4n) is 3.78. The third-order valence-electron chi connectivity index (χ3n) is 5.79. The zero-order valence-electron chi connectivity index (χ0n) is 22.2. The molecule has 9 heteroatoms. The van der Waals surface area contributed by atoms with Crippen molar-refractivity contribution in [1.29, 1.82) is 0 Å². The molecule has 0 aliphatic rings. The molecule has 0 spiro atoms. The number of phosphoric acid groups is 1. The molecule has 7 nitrogen and oxygen atoms in total. The second-order valence-electron chi connectivity index (χ2n) is 8.89. The molecule has 0 bridgehead atoms. The number of hydrogen-bond donors (Lipinski definition) is 0. The summed E-state index contributed by atoms with van der Waals surface area (Å²) in [6.07, 6.45) is 0. The zero-order chi connectivity index (χ0) is 28.5. The second-order valence-corrected chi connectivity index (χ2v) is 12.0. The molecule has 5 rings (SSSR count). The molecule has 0 aromatic heterocycles. The minimum Gasteiger partial charge on any atom is -0.480 e. The Morgan fingerprint density at radius 2 is 0.878 bits per heavy atom. The first kappa shape index (κ1) is 28.1. The fraction of sp³-hybridized carbons (Fsp3) is 0.0625. The van der Waals surface area contributed by atoms with Crippen LogP contribution in [0.3, 0.4) is 0 Å². The van der Waals surface area contributed by atoms with Gasteiger partial charge < -0.3 is 22.8 Å². The van der Waals surface area contributed by atoms with E-state index in [-0.39, 0.29) is 0 Å². The number of ether oxygens (including phenoxy) is 1. The van der Waals surface area contributed by atoms with Crippen molar-refractivity contribution < 1.29 is 32.0 Å². The molecule has 0 heterocycles. The number of benzene rings is 5. The van der Waals surface area contributed by atoms with Crippen molar-refractivity contribution >= 4 is 15.9 Å². The monoisotopic (exact) mass is 586 g/mol. The van der Waals surface area contributed by atoms with Crippen LogP contribution in [-0.2, 0) is 9.13 Å². The maximum absolute atomic E-state index is 13.6. The molecule has 0 amide bonds. The van der Waals surface area contributed by atoms with Crippen LogP contribution >= 0.6 is 15.9 Å². The van der Waals surface area contributed by atoms with E-state index in [9.17, 15) is 9.13 Å². The van der Waals surface area contributed by atoms with E-state index in [0.29, 0.717) is 28.7 Å². The molecule has 2 atom stereocenters. The largest absolute Gasteiger partial charge is 0.647 e. The van der Waals surface area contributed by atoms with E-state index in [1.807, 2.05) is 66.7 Å². The summed E-state index contributed by atoms with van der Waals surface area (Å²) in [6.45, 7) is 1.72. The van der Waals surface area contributed by atoms with Crippen molar-refractivity contribution in [3.05, 3.63) is 140 Å². The lowest BCUT2D eigenvalue weighted by Gasteiger charge is -2.19. The maximum Gasteiger partial charge on any atom is 0.647 e. The van der Waals surface area contributed by atoms with Crippen molar-refractivity contribution in [3.63, 3.8) is 0 Å². The topological polar surface area (TPSA) is 80.3 Å². The van der Waals surface area contributed by atoms with Gasteiger partial charge in [0.15, 0.2) is 5.85 Å². The van der Waals surface area contributed by atoms with Crippen LogP contribution in [0.25, 0.3) is 11.1 Å². The Balaban J connectivity index is 1.24. The van der Waals surface area contributed by atoms with Gasteiger partial charge in [-0.3, -0.25) is 4.57 Å². The number of para-hydroxylation sites is 3. The molecule has 2 unspecified atom stereocenters. The van der Waals surface area contributed by atoms with Crippen LogP contribution in [0.1, 0.15) is 6.92 Å². The number of hydrogen-bond acceptors (Lipinski definition) is 7. The summed E-state index contributed by atoms with van der Waals surface area (Å²) in [6, 6.07) is 40.9. The molecule has 208 valence electrons. The van der Waals surface area contributed by atoms with Gasteiger partial charge in [0.1, 0.15) is 28.7 Å². The van der Waals surface area contributed by atoms with Crippen LogP contribution in [0.15, 0.2) is 140 Å². The van der Waals surface area contributed by atoms with Crippen LogP contribution in [-0.4, -0.2) is 5.85 Å². The van der Waals surface area contributed by atoms with Gasteiger partial charge in [-0.05, 0) is 78.7 Å². The average molecular weight is 587 g/mol. The van der Waals surface area contributed by atoms with E-state index in [1.165, 1.54) is 0 Å². The molecular formula is C32H28O7P2. The Morgan fingerprint density at radius 1 is 0.512 bits per heavy atom. The van der Waals surface area contributed by atoms with Gasteiger partial charge >= 0.3 is 7.82 Å². The lowest BCUT2D eigenvalue weighted by molar-refractivity contribution is 0.281. The molecule has 41 heavy (non-hydrogen) atoms. The first-order valence-corrected chi connectivity index (χ1v) is 15.7. The molecule has 0 N–H and O–H groups in total. The van der Waals surface area contributed by atoms with Gasteiger partial charge in [-0.1, -0.05) is 78.9 Å². The number of phosphoric ester groups is 1. The minimum atomic E-state index is -4.08. The SMILES string of the molecule is CC(Oc1ccccc1)[PH](=O)Oc1ccc(-c2ccc(OP(=O)(Oc3ccccc3)Oc3ccccc3)cc2)cc1. The van der Waals surface area contributed by atoms with Crippen molar-refractivity contribution in [2.24, 2.45) is 0 Å². The molecule has 0 aliphatic heterocycles. The van der Waals surface area contributed by atoms with Crippen molar-refractivity contribution in [3.8, 4) is 39.9 Å². The van der Waals surface area contributed by atoms with Gasteiger partial charge in [0.25, 0.3) is 8.03 Å². The first-order valence-electron chi connectivity index (χ1n) is 12.9. The number of rotatable bonds is 12. The summed E-state index contributed by atoms with van der Waals surface area (Å²) in [5.74, 6) is 1.57. The van der Waals surface area contributed by atoms with Gasteiger partial charge in [0.05, 0.1) is 0 Å². The summed E-state index contributed by atoms with van der Waals surface area (Å²) in [5.41, 5.74) is 1.79. The first-order chi connectivity index (χ1) is 20.0. The Bertz CT molecular complexity index is 1550. The molecule has 0 aliphatic carbocycles. The van der Waals surface area contributed by atoms with Crippen LogP contribution < -0.4 is 22.8 Å². The highest BCUT2D eigenvalue weighted by Gasteiger charge is 2.33. The van der Waals surface area contributed by atoms with Gasteiger partial charge in [-0.25, -0.2) is 0 Å². The standard InChI is InChI=1S/C32H28O7P2/c1-25(35-28-11-5-2-6-12-28)40(33)36-29-21-17-26(18-22-29)27-19-23-32(24-20-27)39-41(34,37-30-13-7-3-8-14-30)38-31-15-9-4-10-16-31/h2-25,40H,1H3. The molecule has 5 aromatic rings. The van der Waals surface area contributed by atoms with Crippen molar-refractivity contribution in [1.82, 2.24) is 0 Å². The van der Waals surface area contributed by atoms with Crippen LogP contribution in [0, 0.1) is 0 Å². The molecule has 0 fully saturated rings. The second kappa shape index (κ2) is 13.3. The quantitative estimate of drug-likeness (QED) is 0.135. The van der Waals surface area contributed by atoms with Crippen molar-refractivity contribution in [2.75, 3.05) is 0 Å². The van der Waals surface area contributed by atoms with Crippen molar-refractivity contribution in [2.45, 2.75) is 12.8 Å². The van der Waals surface area contributed by atoms with Gasteiger partial charge in [0, 0.05) is 0 Å². The summed E-state index contributed by atoms with van der Waals surface area (Å²) in [4.78, 5) is 0. The van der Waals surface area contributed by atoms with Crippen LogP contribution in [0.4, 0.5) is 0 Å². The van der Waals surface area contributed by atoms with Gasteiger partial charge in [0.2, 0.25) is 0 Å². The van der Waals surface area contributed by atoms with E-state index in [0.717, 1.165) is 11.1 Å². The highest BCUT2D eigenvalue weighted by atomic mass is 31.2. The Morgan fingerprint density at radius 3 is 1.32 bits per heavy atom. The third kappa shape index (κ3) is 8.04. The van der Waals surface area contributed by atoms with E-state index in [1.54, 1.807) is 79.7 Å². The minimum absolute atomic E-state index is 0.315. The lowest BCUT2D eigenvalue weighted by Crippen LogP contribution is -2.08. The Labute approximate surface area is 239 Å². The van der Waals surface area contributed by atoms with E-state index in [4.69, 9.17) is 22.8 Å². The highest BCUT2D eigenvalue weighted by Crippen LogP contribution is 2.49. The Hall–Kier alpha value is -4.44.